The third-order valence-corrected chi connectivity index (χ3v) is 6.44. The highest BCUT2D eigenvalue weighted by atomic mass is 35.5. The van der Waals surface area contributed by atoms with Gasteiger partial charge in [-0.15, -0.1) is 11.3 Å². The van der Waals surface area contributed by atoms with Crippen LogP contribution < -0.4 is 0 Å². The van der Waals surface area contributed by atoms with E-state index in [4.69, 9.17) is 35.4 Å². The van der Waals surface area contributed by atoms with Crippen LogP contribution in [0.2, 0.25) is 10.0 Å². The number of thiophene rings is 1. The van der Waals surface area contributed by atoms with Gasteiger partial charge in [0.2, 0.25) is 0 Å². The quantitative estimate of drug-likeness (QED) is 0.317. The van der Waals surface area contributed by atoms with Crippen molar-refractivity contribution in [2.24, 2.45) is 4.99 Å². The molecule has 0 bridgehead atoms. The molecular formula is C22H19Cl2NO2S2. The summed E-state index contributed by atoms with van der Waals surface area (Å²) < 4.78 is 0. The lowest BCUT2D eigenvalue weighted by molar-refractivity contribution is 0.282. The van der Waals surface area contributed by atoms with Crippen LogP contribution >= 0.6 is 46.8 Å². The van der Waals surface area contributed by atoms with Gasteiger partial charge in [-0.25, -0.2) is 0 Å². The number of aliphatic hydroxyl groups excluding tert-OH is 1. The van der Waals surface area contributed by atoms with Crippen molar-refractivity contribution in [3.05, 3.63) is 74.6 Å². The summed E-state index contributed by atoms with van der Waals surface area (Å²) >= 11 is 19.0. The number of hydrogen-bond acceptors (Lipinski definition) is 5. The van der Waals surface area contributed by atoms with Gasteiger partial charge in [0.25, 0.3) is 0 Å². The number of nitrogens with zero attached hydrogens (tertiary/aromatic N) is 1. The fourth-order valence-electron chi connectivity index (χ4n) is 2.86. The van der Waals surface area contributed by atoms with E-state index in [0.29, 0.717) is 28.6 Å². The van der Waals surface area contributed by atoms with Crippen molar-refractivity contribution in [1.29, 1.82) is 0 Å². The second kappa shape index (κ2) is 9.83. The van der Waals surface area contributed by atoms with Crippen molar-refractivity contribution in [2.45, 2.75) is 20.0 Å². The monoisotopic (exact) mass is 463 g/mol. The highest BCUT2D eigenvalue weighted by Crippen LogP contribution is 2.40. The van der Waals surface area contributed by atoms with E-state index in [1.54, 1.807) is 12.1 Å². The maximum Gasteiger partial charge on any atom is 0.143 e. The Kier molecular flexibility index (Phi) is 7.44. The zero-order valence-electron chi connectivity index (χ0n) is 15.7. The number of aliphatic imine (C=N–C) groups is 1. The molecule has 29 heavy (non-hydrogen) atoms. The zero-order chi connectivity index (χ0) is 21.0. The summed E-state index contributed by atoms with van der Waals surface area (Å²) in [5, 5.41) is 22.7. The first-order chi connectivity index (χ1) is 13.9. The Bertz CT molecular complexity index is 1080. The summed E-state index contributed by atoms with van der Waals surface area (Å²) in [7, 11) is 0. The summed E-state index contributed by atoms with van der Waals surface area (Å²) in [5.41, 5.74) is 4.12. The summed E-state index contributed by atoms with van der Waals surface area (Å²) in [4.78, 5) is 6.07. The van der Waals surface area contributed by atoms with Crippen LogP contribution in [0, 0.1) is 0 Å². The maximum absolute atomic E-state index is 10.7. The van der Waals surface area contributed by atoms with E-state index in [1.165, 1.54) is 11.3 Å². The number of benzene rings is 2. The smallest absolute Gasteiger partial charge is 0.143 e. The molecule has 3 nitrogen and oxygen atoms in total. The predicted molar refractivity (Wildman–Crippen MR) is 127 cm³/mol. The Balaban J connectivity index is 1.72. The van der Waals surface area contributed by atoms with Gasteiger partial charge in [0.1, 0.15) is 5.75 Å². The SMILES string of the molecule is CC(=NCC(=S)Cc1cccc(CO)c1)c1csc(-c2ccc(Cl)c(Cl)c2)c1O. The molecule has 0 spiro atoms. The van der Waals surface area contributed by atoms with E-state index in [-0.39, 0.29) is 12.4 Å². The highest BCUT2D eigenvalue weighted by Gasteiger charge is 2.15. The van der Waals surface area contributed by atoms with Crippen molar-refractivity contribution < 1.29 is 10.2 Å². The Morgan fingerprint density at radius 1 is 1.10 bits per heavy atom. The number of rotatable bonds is 7. The third-order valence-electron chi connectivity index (χ3n) is 4.40. The second-order valence-electron chi connectivity index (χ2n) is 6.55. The fraction of sp³-hybridized carbons (Fsp3) is 0.182. The van der Waals surface area contributed by atoms with E-state index in [2.05, 4.69) is 4.99 Å². The van der Waals surface area contributed by atoms with E-state index >= 15 is 0 Å². The summed E-state index contributed by atoms with van der Waals surface area (Å²) in [6.07, 6.45) is 0.615. The first kappa shape index (κ1) is 21.9. The van der Waals surface area contributed by atoms with Crippen LogP contribution in [0.1, 0.15) is 23.6 Å². The van der Waals surface area contributed by atoms with Gasteiger partial charge in [0.05, 0.1) is 28.1 Å². The van der Waals surface area contributed by atoms with Crippen molar-refractivity contribution in [3.8, 4) is 16.2 Å². The minimum atomic E-state index is 0.0104. The van der Waals surface area contributed by atoms with Gasteiger partial charge in [-0.05, 0) is 35.7 Å². The molecule has 2 aromatic carbocycles. The molecule has 0 aliphatic rings. The highest BCUT2D eigenvalue weighted by molar-refractivity contribution is 7.80. The molecule has 0 saturated carbocycles. The molecule has 150 valence electrons. The molecule has 0 amide bonds. The Labute approximate surface area is 189 Å². The van der Waals surface area contributed by atoms with Gasteiger partial charge in [-0.3, -0.25) is 4.99 Å². The van der Waals surface area contributed by atoms with Crippen molar-refractivity contribution >= 4 is 57.3 Å². The molecule has 0 aliphatic carbocycles. The van der Waals surface area contributed by atoms with E-state index in [9.17, 15) is 10.2 Å². The molecule has 2 N–H and O–H groups in total. The van der Waals surface area contributed by atoms with E-state index in [1.807, 2.05) is 42.6 Å². The lowest BCUT2D eigenvalue weighted by Crippen LogP contribution is -2.07. The number of halogens is 2. The summed E-state index contributed by atoms with van der Waals surface area (Å²) in [5.74, 6) is 0.177. The average Bonchev–Trinajstić information content (AvgIpc) is 3.10. The van der Waals surface area contributed by atoms with Gasteiger partial charge in [0.15, 0.2) is 0 Å². The fourth-order valence-corrected chi connectivity index (χ4v) is 4.40. The standard InChI is InChI=1S/C22H19Cl2NO2S2/c1-13(25-10-17(28)8-14-3-2-4-15(7-14)11-26)18-12-29-22(21(18)27)16-5-6-19(23)20(24)9-16/h2-7,9,12,26-27H,8,10-11H2,1H3. The normalized spacial score (nSPS) is 11.7. The molecule has 0 unspecified atom stereocenters. The minimum Gasteiger partial charge on any atom is -0.506 e. The van der Waals surface area contributed by atoms with E-state index < -0.39 is 0 Å². The first-order valence-corrected chi connectivity index (χ1v) is 10.9. The second-order valence-corrected chi connectivity index (χ2v) is 8.82. The number of hydrogen-bond donors (Lipinski definition) is 2. The average molecular weight is 464 g/mol. The van der Waals surface area contributed by atoms with Crippen LogP contribution in [0.3, 0.4) is 0 Å². The zero-order valence-corrected chi connectivity index (χ0v) is 18.8. The van der Waals surface area contributed by atoms with Crippen molar-refractivity contribution in [2.75, 3.05) is 6.54 Å². The third kappa shape index (κ3) is 5.44. The summed E-state index contributed by atoms with van der Waals surface area (Å²) in [6, 6.07) is 13.0. The number of thiocarbonyl (C=S) groups is 1. The van der Waals surface area contributed by atoms with Gasteiger partial charge in [-0.1, -0.05) is 65.8 Å². The molecule has 1 aromatic heterocycles. The van der Waals surface area contributed by atoms with Crippen LogP contribution in [0.4, 0.5) is 0 Å². The molecule has 3 rings (SSSR count). The Hall–Kier alpha value is -1.76. The van der Waals surface area contributed by atoms with Crippen molar-refractivity contribution in [3.63, 3.8) is 0 Å². The molecule has 0 aliphatic heterocycles. The van der Waals surface area contributed by atoms with Crippen LogP contribution in [-0.4, -0.2) is 27.3 Å². The molecule has 1 heterocycles. The molecule has 0 radical (unpaired) electrons. The van der Waals surface area contributed by atoms with Crippen LogP contribution in [0.15, 0.2) is 52.8 Å². The molecule has 0 fully saturated rings. The molecule has 0 atom stereocenters. The lowest BCUT2D eigenvalue weighted by Gasteiger charge is -2.05. The maximum atomic E-state index is 10.7. The lowest BCUT2D eigenvalue weighted by atomic mass is 10.1. The minimum absolute atomic E-state index is 0.0104. The molecule has 3 aromatic rings. The van der Waals surface area contributed by atoms with Crippen LogP contribution in [0.25, 0.3) is 10.4 Å². The first-order valence-electron chi connectivity index (χ1n) is 8.86. The number of aliphatic hydroxyl groups is 1. The molecule has 0 saturated heterocycles. The topological polar surface area (TPSA) is 52.8 Å². The number of aromatic hydroxyl groups is 1. The van der Waals surface area contributed by atoms with Crippen LogP contribution in [0.5, 0.6) is 5.75 Å². The van der Waals surface area contributed by atoms with E-state index in [0.717, 1.165) is 32.1 Å². The molecular weight excluding hydrogens is 445 g/mol. The van der Waals surface area contributed by atoms with Gasteiger partial charge in [0, 0.05) is 27.9 Å². The van der Waals surface area contributed by atoms with Gasteiger partial charge < -0.3 is 10.2 Å². The Morgan fingerprint density at radius 2 is 1.86 bits per heavy atom. The molecule has 7 heteroatoms. The van der Waals surface area contributed by atoms with Gasteiger partial charge >= 0.3 is 0 Å². The van der Waals surface area contributed by atoms with Gasteiger partial charge in [-0.2, -0.15) is 0 Å². The largest absolute Gasteiger partial charge is 0.506 e. The predicted octanol–water partition coefficient (Wildman–Crippen LogP) is 6.34. The summed E-state index contributed by atoms with van der Waals surface area (Å²) in [6.45, 7) is 2.26. The van der Waals surface area contributed by atoms with Crippen molar-refractivity contribution in [1.82, 2.24) is 0 Å². The Morgan fingerprint density at radius 3 is 2.59 bits per heavy atom. The van der Waals surface area contributed by atoms with Crippen LogP contribution in [-0.2, 0) is 13.0 Å².